The molecule has 3 heteroatoms. The number of rotatable bonds is 35. The molecule has 1 N–H and O–H groups in total. The number of carboxylic acid groups (broad SMARTS) is 1. The summed E-state index contributed by atoms with van der Waals surface area (Å²) in [5.74, 6) is 0.558. The molecular formula is C43H78O3. The third-order valence-corrected chi connectivity index (χ3v) is 10.0. The van der Waals surface area contributed by atoms with Crippen molar-refractivity contribution in [1.82, 2.24) is 0 Å². The first-order chi connectivity index (χ1) is 22.7. The van der Waals surface area contributed by atoms with Crippen LogP contribution in [0.15, 0.2) is 18.2 Å². The van der Waals surface area contributed by atoms with Gasteiger partial charge in [-0.3, -0.25) is 0 Å². The van der Waals surface area contributed by atoms with Crippen molar-refractivity contribution in [3.05, 3.63) is 29.3 Å². The van der Waals surface area contributed by atoms with Crippen molar-refractivity contribution >= 4 is 6.16 Å². The summed E-state index contributed by atoms with van der Waals surface area (Å²) in [4.78, 5) is 11.4. The van der Waals surface area contributed by atoms with Crippen LogP contribution in [0.3, 0.4) is 0 Å². The van der Waals surface area contributed by atoms with Gasteiger partial charge in [0.25, 0.3) is 0 Å². The molecular weight excluding hydrogens is 564 g/mol. The topological polar surface area (TPSA) is 46.5 Å². The Morgan fingerprint density at radius 3 is 1.09 bits per heavy atom. The Morgan fingerprint density at radius 2 is 0.761 bits per heavy atom. The second-order valence-electron chi connectivity index (χ2n) is 14.4. The van der Waals surface area contributed by atoms with Crippen LogP contribution in [0.5, 0.6) is 5.75 Å². The second kappa shape index (κ2) is 33.4. The number of carbonyl (C=O) groups is 1. The van der Waals surface area contributed by atoms with Crippen LogP contribution in [0.1, 0.15) is 230 Å². The maximum Gasteiger partial charge on any atom is 0.511 e. The summed E-state index contributed by atoms with van der Waals surface area (Å²) in [5.41, 5.74) is 2.43. The molecule has 0 aliphatic carbocycles. The standard InChI is InChI=1S/C43H78O3/c1-3-5-7-9-11-13-15-17-19-21-23-25-27-29-31-33-36-40-37-35-39-42(46-43(44)45)41(40)38-34-32-30-28-26-24-22-20-18-16-14-12-10-8-6-4-2/h35,37,39H,3-34,36,38H2,1-2H3,(H,44,45). The number of ether oxygens (including phenoxy) is 1. The van der Waals surface area contributed by atoms with Crippen molar-refractivity contribution in [2.24, 2.45) is 0 Å². The van der Waals surface area contributed by atoms with Gasteiger partial charge in [-0.2, -0.15) is 0 Å². The van der Waals surface area contributed by atoms with Gasteiger partial charge in [0.15, 0.2) is 0 Å². The minimum Gasteiger partial charge on any atom is -0.449 e. The van der Waals surface area contributed by atoms with E-state index in [0.29, 0.717) is 5.75 Å². The lowest BCUT2D eigenvalue weighted by molar-refractivity contribution is 0.144. The highest BCUT2D eigenvalue weighted by Gasteiger charge is 2.12. The van der Waals surface area contributed by atoms with Crippen molar-refractivity contribution in [3.8, 4) is 5.75 Å². The first-order valence-corrected chi connectivity index (χ1v) is 20.7. The Kier molecular flexibility index (Phi) is 30.9. The largest absolute Gasteiger partial charge is 0.511 e. The highest BCUT2D eigenvalue weighted by molar-refractivity contribution is 5.62. The van der Waals surface area contributed by atoms with E-state index in [2.05, 4.69) is 19.9 Å². The van der Waals surface area contributed by atoms with Gasteiger partial charge in [-0.1, -0.05) is 219 Å². The van der Waals surface area contributed by atoms with Gasteiger partial charge >= 0.3 is 6.16 Å². The fourth-order valence-corrected chi connectivity index (χ4v) is 7.03. The van der Waals surface area contributed by atoms with E-state index in [1.165, 1.54) is 205 Å². The van der Waals surface area contributed by atoms with Crippen molar-refractivity contribution in [2.75, 3.05) is 0 Å². The van der Waals surface area contributed by atoms with Gasteiger partial charge in [0.05, 0.1) is 0 Å². The van der Waals surface area contributed by atoms with E-state index in [0.717, 1.165) is 24.8 Å². The first-order valence-electron chi connectivity index (χ1n) is 20.7. The van der Waals surface area contributed by atoms with Crippen LogP contribution in [-0.2, 0) is 12.8 Å². The lowest BCUT2D eigenvalue weighted by Crippen LogP contribution is -2.07. The van der Waals surface area contributed by atoms with Crippen LogP contribution in [0, 0.1) is 0 Å². The molecule has 0 aromatic heterocycles. The smallest absolute Gasteiger partial charge is 0.449 e. The van der Waals surface area contributed by atoms with E-state index in [1.807, 2.05) is 12.1 Å². The van der Waals surface area contributed by atoms with E-state index in [-0.39, 0.29) is 0 Å². The van der Waals surface area contributed by atoms with Crippen LogP contribution >= 0.6 is 0 Å². The van der Waals surface area contributed by atoms with E-state index >= 15 is 0 Å². The predicted molar refractivity (Wildman–Crippen MR) is 202 cm³/mol. The molecule has 0 amide bonds. The Labute approximate surface area is 287 Å². The number of hydrogen-bond donors (Lipinski definition) is 1. The fraction of sp³-hybridized carbons (Fsp3) is 0.837. The minimum absolute atomic E-state index is 0.558. The zero-order valence-electron chi connectivity index (χ0n) is 31.0. The Hall–Kier alpha value is -1.51. The number of aryl methyl sites for hydroxylation is 1. The molecule has 0 aliphatic rings. The normalized spacial score (nSPS) is 11.3. The molecule has 1 aromatic carbocycles. The molecule has 46 heavy (non-hydrogen) atoms. The summed E-state index contributed by atoms with van der Waals surface area (Å²) in [6.45, 7) is 4.58. The Bertz CT molecular complexity index is 788. The van der Waals surface area contributed by atoms with Crippen molar-refractivity contribution in [2.45, 2.75) is 232 Å². The average Bonchev–Trinajstić information content (AvgIpc) is 3.05. The summed E-state index contributed by atoms with van der Waals surface area (Å²) >= 11 is 0. The Balaban J connectivity index is 2.12. The van der Waals surface area contributed by atoms with Gasteiger partial charge in [-0.25, -0.2) is 4.79 Å². The maximum absolute atomic E-state index is 11.4. The number of unbranched alkanes of at least 4 members (excludes halogenated alkanes) is 30. The van der Waals surface area contributed by atoms with Crippen LogP contribution in [0.25, 0.3) is 0 Å². The van der Waals surface area contributed by atoms with Crippen LogP contribution in [0.2, 0.25) is 0 Å². The van der Waals surface area contributed by atoms with E-state index < -0.39 is 6.16 Å². The molecule has 0 heterocycles. The quantitative estimate of drug-likeness (QED) is 0.0455. The lowest BCUT2D eigenvalue weighted by Gasteiger charge is -2.14. The van der Waals surface area contributed by atoms with Crippen LogP contribution in [-0.4, -0.2) is 11.3 Å². The molecule has 0 atom stereocenters. The van der Waals surface area contributed by atoms with Gasteiger partial charge in [-0.15, -0.1) is 0 Å². The molecule has 268 valence electrons. The molecule has 0 unspecified atom stereocenters. The van der Waals surface area contributed by atoms with Gasteiger partial charge in [0.1, 0.15) is 5.75 Å². The number of benzene rings is 1. The average molecular weight is 643 g/mol. The molecule has 1 rings (SSSR count). The summed E-state index contributed by atoms with van der Waals surface area (Å²) < 4.78 is 5.21. The van der Waals surface area contributed by atoms with E-state index in [9.17, 15) is 9.90 Å². The van der Waals surface area contributed by atoms with Gasteiger partial charge in [-0.05, 0) is 42.9 Å². The summed E-state index contributed by atoms with van der Waals surface area (Å²) in [7, 11) is 0. The SMILES string of the molecule is CCCCCCCCCCCCCCCCCCc1cccc(OC(=O)O)c1CCCCCCCCCCCCCCCCCC. The molecule has 0 saturated heterocycles. The van der Waals surface area contributed by atoms with Crippen LogP contribution < -0.4 is 4.74 Å². The third kappa shape index (κ3) is 26.5. The highest BCUT2D eigenvalue weighted by atomic mass is 16.7. The molecule has 0 spiro atoms. The van der Waals surface area contributed by atoms with Gasteiger partial charge in [0.2, 0.25) is 0 Å². The molecule has 0 saturated carbocycles. The van der Waals surface area contributed by atoms with Crippen molar-refractivity contribution in [3.63, 3.8) is 0 Å². The fourth-order valence-electron chi connectivity index (χ4n) is 7.03. The zero-order valence-corrected chi connectivity index (χ0v) is 31.0. The molecule has 1 aromatic rings. The minimum atomic E-state index is -1.20. The van der Waals surface area contributed by atoms with Crippen molar-refractivity contribution in [1.29, 1.82) is 0 Å². The second-order valence-corrected chi connectivity index (χ2v) is 14.4. The van der Waals surface area contributed by atoms with Crippen molar-refractivity contribution < 1.29 is 14.6 Å². The highest BCUT2D eigenvalue weighted by Crippen LogP contribution is 2.27. The lowest BCUT2D eigenvalue weighted by atomic mass is 9.95. The number of hydrogen-bond acceptors (Lipinski definition) is 2. The summed E-state index contributed by atoms with van der Waals surface area (Å²) in [6.07, 6.45) is 44.7. The molecule has 0 fully saturated rings. The van der Waals surface area contributed by atoms with Gasteiger partial charge < -0.3 is 9.84 Å². The van der Waals surface area contributed by atoms with Crippen LogP contribution in [0.4, 0.5) is 4.79 Å². The maximum atomic E-state index is 11.4. The molecule has 0 bridgehead atoms. The van der Waals surface area contributed by atoms with Gasteiger partial charge in [0, 0.05) is 0 Å². The van der Waals surface area contributed by atoms with E-state index in [4.69, 9.17) is 4.74 Å². The first kappa shape index (κ1) is 42.5. The predicted octanol–water partition coefficient (Wildman–Crippen LogP) is 15.4. The molecule has 0 radical (unpaired) electrons. The Morgan fingerprint density at radius 1 is 0.457 bits per heavy atom. The molecule has 0 aliphatic heterocycles. The monoisotopic (exact) mass is 643 g/mol. The summed E-state index contributed by atoms with van der Waals surface area (Å²) in [6, 6.07) is 6.01. The third-order valence-electron chi connectivity index (χ3n) is 10.0. The summed E-state index contributed by atoms with van der Waals surface area (Å²) in [5, 5.41) is 9.30. The van der Waals surface area contributed by atoms with E-state index in [1.54, 1.807) is 0 Å². The molecule has 3 nitrogen and oxygen atoms in total. The zero-order chi connectivity index (χ0) is 33.2.